The molecule has 0 unspecified atom stereocenters. The van der Waals surface area contributed by atoms with Crippen molar-refractivity contribution in [1.82, 2.24) is 14.5 Å². The zero-order valence-electron chi connectivity index (χ0n) is 15.5. The highest BCUT2D eigenvalue weighted by atomic mass is 16.2. The van der Waals surface area contributed by atoms with E-state index in [1.165, 1.54) is 16.7 Å². The summed E-state index contributed by atoms with van der Waals surface area (Å²) >= 11 is 0. The molecule has 0 N–H and O–H groups in total. The number of rotatable bonds is 6. The number of aromatic nitrogens is 2. The number of imidazole rings is 1. The van der Waals surface area contributed by atoms with E-state index in [2.05, 4.69) is 58.4 Å². The second kappa shape index (κ2) is 8.21. The van der Waals surface area contributed by atoms with Crippen molar-refractivity contribution < 1.29 is 4.79 Å². The fraction of sp³-hybridized carbons (Fsp3) is 0.304. The summed E-state index contributed by atoms with van der Waals surface area (Å²) in [6, 6.07) is 19.2. The van der Waals surface area contributed by atoms with E-state index in [-0.39, 0.29) is 11.9 Å². The molecule has 4 heteroatoms. The minimum atomic E-state index is 0.123. The molecule has 0 fully saturated rings. The predicted octanol–water partition coefficient (Wildman–Crippen LogP) is 4.03. The maximum atomic E-state index is 13.0. The number of fused-ring (bicyclic) bond motifs is 1. The van der Waals surface area contributed by atoms with Crippen molar-refractivity contribution in [2.75, 3.05) is 6.54 Å². The zero-order valence-corrected chi connectivity index (χ0v) is 15.5. The fourth-order valence-corrected chi connectivity index (χ4v) is 3.98. The first-order valence-corrected chi connectivity index (χ1v) is 9.68. The van der Waals surface area contributed by atoms with Gasteiger partial charge in [0.2, 0.25) is 5.91 Å². The molecule has 4 rings (SSSR count). The molecule has 1 amide bonds. The van der Waals surface area contributed by atoms with Gasteiger partial charge in [-0.05, 0) is 36.0 Å². The van der Waals surface area contributed by atoms with Gasteiger partial charge in [0.05, 0.1) is 12.4 Å². The van der Waals surface area contributed by atoms with Crippen LogP contribution in [0.3, 0.4) is 0 Å². The fourth-order valence-electron chi connectivity index (χ4n) is 3.98. The van der Waals surface area contributed by atoms with Crippen LogP contribution in [0, 0.1) is 0 Å². The predicted molar refractivity (Wildman–Crippen MR) is 106 cm³/mol. The van der Waals surface area contributed by atoms with Gasteiger partial charge in [-0.3, -0.25) is 4.79 Å². The summed E-state index contributed by atoms with van der Waals surface area (Å²) in [6.45, 7) is 1.64. The summed E-state index contributed by atoms with van der Waals surface area (Å²) in [4.78, 5) is 19.2. The van der Waals surface area contributed by atoms with Crippen LogP contribution in [0.4, 0.5) is 0 Å². The molecule has 4 nitrogen and oxygen atoms in total. The molecule has 1 aliphatic heterocycles. The van der Waals surface area contributed by atoms with E-state index in [1.807, 2.05) is 16.8 Å². The molecule has 1 atom stereocenters. The average Bonchev–Trinajstić information content (AvgIpc) is 3.22. The van der Waals surface area contributed by atoms with E-state index in [0.717, 1.165) is 32.4 Å². The Bertz CT molecular complexity index is 874. The summed E-state index contributed by atoms with van der Waals surface area (Å²) in [7, 11) is 0. The molecule has 1 aromatic heterocycles. The van der Waals surface area contributed by atoms with Crippen molar-refractivity contribution in [3.63, 3.8) is 0 Å². The molecule has 0 aliphatic carbocycles. The standard InChI is InChI=1S/C23H25N3O/c27-23(11-6-14-25-16-13-24-18-25)26-15-12-20-9-4-5-10-21(20)22(26)17-19-7-2-1-3-8-19/h1-5,7-10,13,16,18,22H,6,11-12,14-15,17H2/t22-/m1/s1. The number of hydrogen-bond donors (Lipinski definition) is 0. The van der Waals surface area contributed by atoms with Gasteiger partial charge in [-0.2, -0.15) is 0 Å². The lowest BCUT2D eigenvalue weighted by molar-refractivity contribution is -0.134. The van der Waals surface area contributed by atoms with Gasteiger partial charge in [0.25, 0.3) is 0 Å². The Balaban J connectivity index is 1.50. The SMILES string of the molecule is O=C(CCCn1ccnc1)N1CCc2ccccc2[C@H]1Cc1ccccc1. The van der Waals surface area contributed by atoms with E-state index in [0.29, 0.717) is 6.42 Å². The van der Waals surface area contributed by atoms with Crippen molar-refractivity contribution >= 4 is 5.91 Å². The Hall–Kier alpha value is -2.88. The van der Waals surface area contributed by atoms with E-state index in [9.17, 15) is 4.79 Å². The van der Waals surface area contributed by atoms with Gasteiger partial charge in [0.15, 0.2) is 0 Å². The average molecular weight is 359 g/mol. The Morgan fingerprint density at radius 3 is 2.70 bits per heavy atom. The van der Waals surface area contributed by atoms with Gasteiger partial charge in [0, 0.05) is 31.9 Å². The normalized spacial score (nSPS) is 16.1. The van der Waals surface area contributed by atoms with Crippen molar-refractivity contribution in [2.24, 2.45) is 0 Å². The molecule has 0 saturated heterocycles. The third kappa shape index (κ3) is 4.11. The minimum Gasteiger partial charge on any atom is -0.337 e. The molecular weight excluding hydrogens is 334 g/mol. The zero-order chi connectivity index (χ0) is 18.5. The summed E-state index contributed by atoms with van der Waals surface area (Å²) < 4.78 is 2.03. The summed E-state index contributed by atoms with van der Waals surface area (Å²) in [5.74, 6) is 0.255. The van der Waals surface area contributed by atoms with Crippen molar-refractivity contribution in [3.8, 4) is 0 Å². The van der Waals surface area contributed by atoms with Gasteiger partial charge >= 0.3 is 0 Å². The smallest absolute Gasteiger partial charge is 0.223 e. The van der Waals surface area contributed by atoms with Gasteiger partial charge in [-0.25, -0.2) is 4.98 Å². The number of carbonyl (C=O) groups is 1. The van der Waals surface area contributed by atoms with Crippen LogP contribution in [0.25, 0.3) is 0 Å². The molecule has 1 aliphatic rings. The van der Waals surface area contributed by atoms with E-state index >= 15 is 0 Å². The van der Waals surface area contributed by atoms with E-state index in [4.69, 9.17) is 0 Å². The maximum absolute atomic E-state index is 13.0. The van der Waals surface area contributed by atoms with E-state index in [1.54, 1.807) is 12.5 Å². The molecule has 138 valence electrons. The van der Waals surface area contributed by atoms with Crippen LogP contribution in [0.2, 0.25) is 0 Å². The summed E-state index contributed by atoms with van der Waals surface area (Å²) in [5, 5.41) is 0. The molecule has 0 radical (unpaired) electrons. The van der Waals surface area contributed by atoms with Gasteiger partial charge < -0.3 is 9.47 Å². The highest BCUT2D eigenvalue weighted by molar-refractivity contribution is 5.77. The first-order chi connectivity index (χ1) is 13.3. The molecular formula is C23H25N3O. The van der Waals surface area contributed by atoms with Crippen LogP contribution in [0.5, 0.6) is 0 Å². The molecule has 2 heterocycles. The highest BCUT2D eigenvalue weighted by Crippen LogP contribution is 2.33. The number of nitrogens with zero attached hydrogens (tertiary/aromatic N) is 3. The lowest BCUT2D eigenvalue weighted by Crippen LogP contribution is -2.41. The van der Waals surface area contributed by atoms with Gasteiger partial charge in [-0.1, -0.05) is 54.6 Å². The van der Waals surface area contributed by atoms with Crippen LogP contribution in [0.1, 0.15) is 35.6 Å². The summed E-state index contributed by atoms with van der Waals surface area (Å²) in [5.41, 5.74) is 3.95. The maximum Gasteiger partial charge on any atom is 0.223 e. The number of hydrogen-bond acceptors (Lipinski definition) is 2. The van der Waals surface area contributed by atoms with Crippen molar-refractivity contribution in [2.45, 2.75) is 38.3 Å². The second-order valence-corrected chi connectivity index (χ2v) is 7.15. The van der Waals surface area contributed by atoms with Crippen molar-refractivity contribution in [3.05, 3.63) is 90.0 Å². The number of carbonyl (C=O) groups excluding carboxylic acids is 1. The van der Waals surface area contributed by atoms with Crippen LogP contribution >= 0.6 is 0 Å². The minimum absolute atomic E-state index is 0.123. The van der Waals surface area contributed by atoms with E-state index < -0.39 is 0 Å². The molecule has 0 spiro atoms. The van der Waals surface area contributed by atoms with Crippen LogP contribution < -0.4 is 0 Å². The van der Waals surface area contributed by atoms with Crippen LogP contribution in [-0.2, 0) is 24.2 Å². The quantitative estimate of drug-likeness (QED) is 0.666. The number of amides is 1. The molecule has 3 aromatic rings. The second-order valence-electron chi connectivity index (χ2n) is 7.15. The first kappa shape index (κ1) is 17.5. The van der Waals surface area contributed by atoms with Crippen LogP contribution in [-0.4, -0.2) is 26.9 Å². The lowest BCUT2D eigenvalue weighted by Gasteiger charge is -2.38. The Morgan fingerprint density at radius 1 is 1.07 bits per heavy atom. The molecule has 0 bridgehead atoms. The Labute approximate surface area is 160 Å². The molecule has 2 aromatic carbocycles. The first-order valence-electron chi connectivity index (χ1n) is 9.68. The monoisotopic (exact) mass is 359 g/mol. The summed E-state index contributed by atoms with van der Waals surface area (Å²) in [6.07, 6.45) is 8.75. The largest absolute Gasteiger partial charge is 0.337 e. The van der Waals surface area contributed by atoms with Crippen LogP contribution in [0.15, 0.2) is 73.3 Å². The highest BCUT2D eigenvalue weighted by Gasteiger charge is 2.30. The van der Waals surface area contributed by atoms with Gasteiger partial charge in [-0.15, -0.1) is 0 Å². The Kier molecular flexibility index (Phi) is 5.33. The number of benzene rings is 2. The number of aryl methyl sites for hydroxylation is 1. The third-order valence-corrected chi connectivity index (χ3v) is 5.37. The van der Waals surface area contributed by atoms with Gasteiger partial charge in [0.1, 0.15) is 0 Å². The topological polar surface area (TPSA) is 38.1 Å². The molecule has 27 heavy (non-hydrogen) atoms. The van der Waals surface area contributed by atoms with Crippen molar-refractivity contribution in [1.29, 1.82) is 0 Å². The Morgan fingerprint density at radius 2 is 1.89 bits per heavy atom. The molecule has 0 saturated carbocycles. The third-order valence-electron chi connectivity index (χ3n) is 5.37. The lowest BCUT2D eigenvalue weighted by atomic mass is 9.88.